The van der Waals surface area contributed by atoms with Gasteiger partial charge >= 0.3 is 0 Å². The summed E-state index contributed by atoms with van der Waals surface area (Å²) >= 11 is 0. The molecule has 0 spiro atoms. The number of halogens is 3. The Kier molecular flexibility index (Phi) is 6.79. The molecule has 2 heterocycles. The fourth-order valence-electron chi connectivity index (χ4n) is 1.85. The number of nitrogens with one attached hydrogen (secondary N) is 1. The molecule has 92 valence electrons. The normalized spacial score (nSPS) is 16.1. The molecule has 0 saturated carbocycles. The molecule has 1 aromatic rings. The molecule has 1 saturated heterocycles. The van der Waals surface area contributed by atoms with Crippen LogP contribution in [0.3, 0.4) is 0 Å². The van der Waals surface area contributed by atoms with Crippen molar-refractivity contribution >= 4 is 24.8 Å². The molecule has 0 aromatic carbocycles. The van der Waals surface area contributed by atoms with E-state index in [4.69, 9.17) is 0 Å². The van der Waals surface area contributed by atoms with Crippen molar-refractivity contribution in [3.63, 3.8) is 0 Å². The molecule has 0 aliphatic carbocycles. The summed E-state index contributed by atoms with van der Waals surface area (Å²) in [4.78, 5) is 8.01. The Balaban J connectivity index is 0.00000112. The van der Waals surface area contributed by atoms with Crippen LogP contribution in [0.15, 0.2) is 6.20 Å². The maximum Gasteiger partial charge on any atom is 0.163 e. The fraction of sp³-hybridized carbons (Fsp3) is 0.600. The third-order valence-electron chi connectivity index (χ3n) is 2.62. The number of hydrogen-bond acceptors (Lipinski definition) is 3. The van der Waals surface area contributed by atoms with Gasteiger partial charge < -0.3 is 5.32 Å². The third-order valence-corrected chi connectivity index (χ3v) is 2.62. The number of aryl methyl sites for hydroxylation is 1. The van der Waals surface area contributed by atoms with Gasteiger partial charge in [0.25, 0.3) is 0 Å². The minimum atomic E-state index is -0.262. The standard InChI is InChI=1S/C10H14FN3.2ClH/c1-7-13-6-9(11)10(14-7)8-2-4-12-5-3-8;;/h6,8,12H,2-5H2,1H3;2*1H. The maximum atomic E-state index is 13.4. The minimum Gasteiger partial charge on any atom is -0.317 e. The van der Waals surface area contributed by atoms with Crippen molar-refractivity contribution in [2.75, 3.05) is 13.1 Å². The summed E-state index contributed by atoms with van der Waals surface area (Å²) in [5.41, 5.74) is 0.596. The van der Waals surface area contributed by atoms with Gasteiger partial charge in [-0.3, -0.25) is 0 Å². The Morgan fingerprint density at radius 1 is 1.31 bits per heavy atom. The van der Waals surface area contributed by atoms with Gasteiger partial charge in [0.15, 0.2) is 5.82 Å². The number of hydrogen-bond donors (Lipinski definition) is 1. The van der Waals surface area contributed by atoms with Crippen LogP contribution in [-0.2, 0) is 0 Å². The first-order valence-electron chi connectivity index (χ1n) is 4.97. The Morgan fingerprint density at radius 2 is 1.94 bits per heavy atom. The molecule has 3 nitrogen and oxygen atoms in total. The molecule has 1 aliphatic rings. The predicted octanol–water partition coefficient (Wildman–Crippen LogP) is 2.23. The van der Waals surface area contributed by atoms with E-state index in [0.29, 0.717) is 11.5 Å². The lowest BCUT2D eigenvalue weighted by Crippen LogP contribution is -2.27. The zero-order valence-electron chi connectivity index (χ0n) is 9.07. The molecular formula is C10H16Cl2FN3. The van der Waals surface area contributed by atoms with E-state index in [1.807, 2.05) is 0 Å². The van der Waals surface area contributed by atoms with E-state index in [-0.39, 0.29) is 36.5 Å². The zero-order valence-corrected chi connectivity index (χ0v) is 10.7. The molecule has 1 fully saturated rings. The van der Waals surface area contributed by atoms with Gasteiger partial charge in [-0.15, -0.1) is 24.8 Å². The van der Waals surface area contributed by atoms with Gasteiger partial charge in [0.1, 0.15) is 5.82 Å². The van der Waals surface area contributed by atoms with E-state index in [1.165, 1.54) is 6.20 Å². The molecule has 1 N–H and O–H groups in total. The topological polar surface area (TPSA) is 37.8 Å². The lowest BCUT2D eigenvalue weighted by molar-refractivity contribution is 0.433. The first-order valence-corrected chi connectivity index (χ1v) is 4.97. The van der Waals surface area contributed by atoms with Crippen molar-refractivity contribution < 1.29 is 4.39 Å². The second-order valence-corrected chi connectivity index (χ2v) is 3.67. The van der Waals surface area contributed by atoms with Gasteiger partial charge in [-0.1, -0.05) is 0 Å². The summed E-state index contributed by atoms with van der Waals surface area (Å²) in [6.07, 6.45) is 3.21. The van der Waals surface area contributed by atoms with Crippen molar-refractivity contribution in [2.45, 2.75) is 25.7 Å². The summed E-state index contributed by atoms with van der Waals surface area (Å²) in [7, 11) is 0. The molecule has 0 unspecified atom stereocenters. The summed E-state index contributed by atoms with van der Waals surface area (Å²) in [5, 5.41) is 3.25. The van der Waals surface area contributed by atoms with E-state index >= 15 is 0 Å². The quantitative estimate of drug-likeness (QED) is 0.848. The smallest absolute Gasteiger partial charge is 0.163 e. The molecule has 0 bridgehead atoms. The molecule has 0 atom stereocenters. The van der Waals surface area contributed by atoms with Crippen LogP contribution < -0.4 is 5.32 Å². The van der Waals surface area contributed by atoms with Gasteiger partial charge in [-0.05, 0) is 32.9 Å². The van der Waals surface area contributed by atoms with Crippen LogP contribution in [0, 0.1) is 12.7 Å². The van der Waals surface area contributed by atoms with Crippen molar-refractivity contribution in [2.24, 2.45) is 0 Å². The Labute approximate surface area is 107 Å². The van der Waals surface area contributed by atoms with Crippen molar-refractivity contribution in [3.05, 3.63) is 23.5 Å². The largest absolute Gasteiger partial charge is 0.317 e. The Hall–Kier alpha value is -0.450. The highest BCUT2D eigenvalue weighted by Gasteiger charge is 2.20. The third kappa shape index (κ3) is 3.54. The Morgan fingerprint density at radius 3 is 2.56 bits per heavy atom. The van der Waals surface area contributed by atoms with Crippen LogP contribution in [0.2, 0.25) is 0 Å². The molecule has 6 heteroatoms. The zero-order chi connectivity index (χ0) is 9.97. The number of aromatic nitrogens is 2. The number of rotatable bonds is 1. The van der Waals surface area contributed by atoms with Gasteiger partial charge in [0.2, 0.25) is 0 Å². The van der Waals surface area contributed by atoms with Crippen LogP contribution >= 0.6 is 24.8 Å². The molecule has 16 heavy (non-hydrogen) atoms. The van der Waals surface area contributed by atoms with Crippen molar-refractivity contribution in [1.82, 2.24) is 15.3 Å². The van der Waals surface area contributed by atoms with E-state index < -0.39 is 0 Å². The molecule has 0 radical (unpaired) electrons. The Bertz CT molecular complexity index is 330. The molecule has 1 aromatic heterocycles. The van der Waals surface area contributed by atoms with Crippen LogP contribution in [0.1, 0.15) is 30.3 Å². The molecule has 2 rings (SSSR count). The monoisotopic (exact) mass is 267 g/mol. The van der Waals surface area contributed by atoms with Gasteiger partial charge in [0, 0.05) is 5.92 Å². The molecular weight excluding hydrogens is 252 g/mol. The highest BCUT2D eigenvalue weighted by Crippen LogP contribution is 2.25. The second-order valence-electron chi connectivity index (χ2n) is 3.67. The van der Waals surface area contributed by atoms with Crippen molar-refractivity contribution in [1.29, 1.82) is 0 Å². The highest BCUT2D eigenvalue weighted by atomic mass is 35.5. The lowest BCUT2D eigenvalue weighted by atomic mass is 9.94. The highest BCUT2D eigenvalue weighted by molar-refractivity contribution is 5.85. The first-order chi connectivity index (χ1) is 6.77. The fourth-order valence-corrected chi connectivity index (χ4v) is 1.85. The first kappa shape index (κ1) is 15.5. The van der Waals surface area contributed by atoms with Crippen LogP contribution in [0.25, 0.3) is 0 Å². The predicted molar refractivity (Wildman–Crippen MR) is 66.1 cm³/mol. The van der Waals surface area contributed by atoms with Crippen LogP contribution in [0.4, 0.5) is 4.39 Å². The summed E-state index contributed by atoms with van der Waals surface area (Å²) in [5.74, 6) is 0.653. The van der Waals surface area contributed by atoms with E-state index in [1.54, 1.807) is 6.92 Å². The molecule has 0 amide bonds. The summed E-state index contributed by atoms with van der Waals surface area (Å²) < 4.78 is 13.4. The second kappa shape index (κ2) is 6.99. The average Bonchev–Trinajstić information content (AvgIpc) is 2.23. The SMILES string of the molecule is Cc1ncc(F)c(C2CCNCC2)n1.Cl.Cl. The average molecular weight is 268 g/mol. The van der Waals surface area contributed by atoms with Gasteiger partial charge in [0.05, 0.1) is 11.9 Å². The lowest BCUT2D eigenvalue weighted by Gasteiger charge is -2.22. The summed E-state index contributed by atoms with van der Waals surface area (Å²) in [6, 6.07) is 0. The van der Waals surface area contributed by atoms with E-state index in [0.717, 1.165) is 25.9 Å². The minimum absolute atomic E-state index is 0. The maximum absolute atomic E-state index is 13.4. The van der Waals surface area contributed by atoms with Gasteiger partial charge in [-0.2, -0.15) is 0 Å². The number of piperidine rings is 1. The van der Waals surface area contributed by atoms with E-state index in [2.05, 4.69) is 15.3 Å². The van der Waals surface area contributed by atoms with E-state index in [9.17, 15) is 4.39 Å². The van der Waals surface area contributed by atoms with Crippen LogP contribution in [0.5, 0.6) is 0 Å². The van der Waals surface area contributed by atoms with Crippen molar-refractivity contribution in [3.8, 4) is 0 Å². The van der Waals surface area contributed by atoms with Gasteiger partial charge in [-0.25, -0.2) is 14.4 Å². The van der Waals surface area contributed by atoms with Crippen LogP contribution in [-0.4, -0.2) is 23.1 Å². The molecule has 1 aliphatic heterocycles. The summed E-state index contributed by atoms with van der Waals surface area (Å²) in [6.45, 7) is 3.70. The number of nitrogens with zero attached hydrogens (tertiary/aromatic N) is 2.